The highest BCUT2D eigenvalue weighted by Crippen LogP contribution is 2.39. The van der Waals surface area contributed by atoms with Crippen molar-refractivity contribution in [1.29, 1.82) is 0 Å². The molecule has 1 aliphatic rings. The van der Waals surface area contributed by atoms with E-state index >= 15 is 0 Å². The van der Waals surface area contributed by atoms with Gasteiger partial charge in [0.25, 0.3) is 0 Å². The van der Waals surface area contributed by atoms with Crippen molar-refractivity contribution in [3.8, 4) is 5.88 Å². The van der Waals surface area contributed by atoms with Crippen molar-refractivity contribution in [2.75, 3.05) is 0 Å². The molecule has 0 amide bonds. The molecule has 1 aromatic heterocycles. The first kappa shape index (κ1) is 8.60. The second-order valence-electron chi connectivity index (χ2n) is 4.30. The molecule has 3 heteroatoms. The van der Waals surface area contributed by atoms with Crippen LogP contribution in [0, 0.1) is 6.92 Å². The van der Waals surface area contributed by atoms with Crippen molar-refractivity contribution in [2.24, 2.45) is 0 Å². The first-order chi connectivity index (χ1) is 6.12. The lowest BCUT2D eigenvalue weighted by molar-refractivity contribution is 0.434. The van der Waals surface area contributed by atoms with Crippen LogP contribution >= 0.6 is 0 Å². The molecule has 13 heavy (non-hydrogen) atoms. The summed E-state index contributed by atoms with van der Waals surface area (Å²) in [4.78, 5) is 7.33. The fraction of sp³-hybridized carbons (Fsp3) is 0.700. The van der Waals surface area contributed by atoms with Crippen molar-refractivity contribution in [1.82, 2.24) is 9.97 Å². The van der Waals surface area contributed by atoms with E-state index in [0.717, 1.165) is 11.5 Å². The largest absolute Gasteiger partial charge is 0.492 e. The number of aromatic amines is 1. The first-order valence-corrected chi connectivity index (χ1v) is 4.88. The molecule has 3 nitrogen and oxygen atoms in total. The Morgan fingerprint density at radius 1 is 1.38 bits per heavy atom. The molecule has 0 saturated heterocycles. The predicted molar refractivity (Wildman–Crippen MR) is 50.8 cm³/mol. The van der Waals surface area contributed by atoms with Crippen LogP contribution < -0.4 is 0 Å². The number of imidazole rings is 1. The Balaban J connectivity index is 2.34. The van der Waals surface area contributed by atoms with Crippen LogP contribution in [0.5, 0.6) is 5.88 Å². The van der Waals surface area contributed by atoms with Gasteiger partial charge >= 0.3 is 0 Å². The van der Waals surface area contributed by atoms with Crippen molar-refractivity contribution in [3.05, 3.63) is 11.5 Å². The van der Waals surface area contributed by atoms with Gasteiger partial charge in [0, 0.05) is 5.41 Å². The molecule has 0 unspecified atom stereocenters. The highest BCUT2D eigenvalue weighted by Gasteiger charge is 2.33. The van der Waals surface area contributed by atoms with E-state index in [1.54, 1.807) is 0 Å². The van der Waals surface area contributed by atoms with Crippen molar-refractivity contribution in [2.45, 2.75) is 44.9 Å². The Labute approximate surface area is 78.2 Å². The maximum absolute atomic E-state index is 9.37. The molecular formula is C10H16N2O. The summed E-state index contributed by atoms with van der Waals surface area (Å²) < 4.78 is 0. The SMILES string of the molecule is Cc1[nH]c(C2(C)CCCC2)nc1O. The van der Waals surface area contributed by atoms with E-state index in [9.17, 15) is 5.11 Å². The lowest BCUT2D eigenvalue weighted by Crippen LogP contribution is -2.18. The van der Waals surface area contributed by atoms with Gasteiger partial charge in [-0.3, -0.25) is 0 Å². The Morgan fingerprint density at radius 2 is 2.00 bits per heavy atom. The summed E-state index contributed by atoms with van der Waals surface area (Å²) in [6, 6.07) is 0. The predicted octanol–water partition coefficient (Wildman–Crippen LogP) is 2.26. The van der Waals surface area contributed by atoms with Gasteiger partial charge in [-0.25, -0.2) is 0 Å². The number of aromatic hydroxyl groups is 1. The number of aryl methyl sites for hydroxylation is 1. The molecule has 1 aliphatic carbocycles. The monoisotopic (exact) mass is 180 g/mol. The van der Waals surface area contributed by atoms with Crippen LogP contribution in [0.3, 0.4) is 0 Å². The van der Waals surface area contributed by atoms with Crippen LogP contribution in [-0.4, -0.2) is 15.1 Å². The number of hydrogen-bond donors (Lipinski definition) is 2. The van der Waals surface area contributed by atoms with Crippen molar-refractivity contribution < 1.29 is 5.11 Å². The zero-order chi connectivity index (χ0) is 9.47. The Kier molecular flexibility index (Phi) is 1.82. The van der Waals surface area contributed by atoms with Gasteiger partial charge in [-0.2, -0.15) is 4.98 Å². The fourth-order valence-corrected chi connectivity index (χ4v) is 2.13. The molecule has 1 heterocycles. The van der Waals surface area contributed by atoms with Crippen LogP contribution in [0.25, 0.3) is 0 Å². The standard InChI is InChI=1S/C10H16N2O/c1-7-8(13)12-9(11-7)10(2)5-3-4-6-10/h13H,3-6H2,1-2H3,(H,11,12). The third-order valence-electron chi connectivity index (χ3n) is 3.14. The third kappa shape index (κ3) is 1.32. The zero-order valence-corrected chi connectivity index (χ0v) is 8.22. The third-order valence-corrected chi connectivity index (χ3v) is 3.14. The van der Waals surface area contributed by atoms with E-state index in [1.165, 1.54) is 25.7 Å². The van der Waals surface area contributed by atoms with Gasteiger partial charge in [-0.1, -0.05) is 19.8 Å². The average Bonchev–Trinajstić information content (AvgIpc) is 2.62. The Morgan fingerprint density at radius 3 is 2.46 bits per heavy atom. The second-order valence-corrected chi connectivity index (χ2v) is 4.30. The quantitative estimate of drug-likeness (QED) is 0.696. The molecule has 2 rings (SSSR count). The number of hydrogen-bond acceptors (Lipinski definition) is 2. The number of H-pyrrole nitrogens is 1. The van der Waals surface area contributed by atoms with Crippen LogP contribution in [-0.2, 0) is 5.41 Å². The number of rotatable bonds is 1. The minimum absolute atomic E-state index is 0.156. The lowest BCUT2D eigenvalue weighted by Gasteiger charge is -2.19. The molecule has 1 fully saturated rings. The van der Waals surface area contributed by atoms with Gasteiger partial charge in [0.2, 0.25) is 5.88 Å². The van der Waals surface area contributed by atoms with Crippen LogP contribution in [0.4, 0.5) is 0 Å². The van der Waals surface area contributed by atoms with Crippen LogP contribution in [0.15, 0.2) is 0 Å². The molecule has 0 bridgehead atoms. The van der Waals surface area contributed by atoms with Gasteiger partial charge in [-0.05, 0) is 19.8 Å². The lowest BCUT2D eigenvalue weighted by atomic mass is 9.88. The highest BCUT2D eigenvalue weighted by atomic mass is 16.3. The van der Waals surface area contributed by atoms with E-state index in [2.05, 4.69) is 16.9 Å². The molecule has 0 aromatic carbocycles. The zero-order valence-electron chi connectivity index (χ0n) is 8.22. The summed E-state index contributed by atoms with van der Waals surface area (Å²) in [6.45, 7) is 4.07. The molecule has 0 aliphatic heterocycles. The smallest absolute Gasteiger partial charge is 0.232 e. The van der Waals surface area contributed by atoms with E-state index < -0.39 is 0 Å². The Hall–Kier alpha value is -0.990. The maximum atomic E-state index is 9.37. The minimum Gasteiger partial charge on any atom is -0.492 e. The summed E-state index contributed by atoms with van der Waals surface area (Å²) in [7, 11) is 0. The summed E-state index contributed by atoms with van der Waals surface area (Å²) in [5, 5.41) is 9.37. The molecule has 0 spiro atoms. The van der Waals surface area contributed by atoms with E-state index in [-0.39, 0.29) is 11.3 Å². The topological polar surface area (TPSA) is 48.9 Å². The average molecular weight is 180 g/mol. The van der Waals surface area contributed by atoms with E-state index in [1.807, 2.05) is 6.92 Å². The van der Waals surface area contributed by atoms with Crippen LogP contribution in [0.2, 0.25) is 0 Å². The van der Waals surface area contributed by atoms with Gasteiger partial charge < -0.3 is 10.1 Å². The first-order valence-electron chi connectivity index (χ1n) is 4.88. The normalized spacial score (nSPS) is 20.8. The molecule has 1 aromatic rings. The number of nitrogens with one attached hydrogen (secondary N) is 1. The molecule has 72 valence electrons. The number of aromatic nitrogens is 2. The molecule has 0 atom stereocenters. The summed E-state index contributed by atoms with van der Waals surface area (Å²) in [6.07, 6.45) is 4.91. The van der Waals surface area contributed by atoms with Gasteiger partial charge in [-0.15, -0.1) is 0 Å². The minimum atomic E-state index is 0.156. The molecule has 2 N–H and O–H groups in total. The van der Waals surface area contributed by atoms with E-state index in [0.29, 0.717) is 0 Å². The number of nitrogens with zero attached hydrogens (tertiary/aromatic N) is 1. The van der Waals surface area contributed by atoms with Gasteiger partial charge in [0.15, 0.2) is 0 Å². The van der Waals surface area contributed by atoms with Crippen molar-refractivity contribution in [3.63, 3.8) is 0 Å². The van der Waals surface area contributed by atoms with Gasteiger partial charge in [0.1, 0.15) is 5.82 Å². The molecular weight excluding hydrogens is 164 g/mol. The van der Waals surface area contributed by atoms with Crippen LogP contribution in [0.1, 0.15) is 44.1 Å². The van der Waals surface area contributed by atoms with E-state index in [4.69, 9.17) is 0 Å². The Bertz CT molecular complexity index is 291. The van der Waals surface area contributed by atoms with Crippen molar-refractivity contribution >= 4 is 0 Å². The summed E-state index contributed by atoms with van der Waals surface area (Å²) in [5.74, 6) is 1.11. The summed E-state index contributed by atoms with van der Waals surface area (Å²) >= 11 is 0. The highest BCUT2D eigenvalue weighted by molar-refractivity contribution is 5.22. The fourth-order valence-electron chi connectivity index (χ4n) is 2.13. The van der Waals surface area contributed by atoms with Gasteiger partial charge in [0.05, 0.1) is 5.69 Å². The molecule has 1 saturated carbocycles. The second kappa shape index (κ2) is 2.76. The maximum Gasteiger partial charge on any atom is 0.232 e. The molecule has 0 radical (unpaired) electrons. The summed E-state index contributed by atoms with van der Waals surface area (Å²) in [5.41, 5.74) is 0.953.